The highest BCUT2D eigenvalue weighted by Gasteiger charge is 2.10. The highest BCUT2D eigenvalue weighted by Crippen LogP contribution is 2.25. The van der Waals surface area contributed by atoms with Crippen molar-refractivity contribution in [2.24, 2.45) is 0 Å². The van der Waals surface area contributed by atoms with Crippen LogP contribution in [-0.2, 0) is 0 Å². The minimum atomic E-state index is -0.356. The van der Waals surface area contributed by atoms with Crippen molar-refractivity contribution in [2.75, 3.05) is 5.75 Å². The van der Waals surface area contributed by atoms with E-state index in [0.29, 0.717) is 40.4 Å². The second kappa shape index (κ2) is 9.06. The van der Waals surface area contributed by atoms with Gasteiger partial charge in [0.25, 0.3) is 0 Å². The van der Waals surface area contributed by atoms with Crippen LogP contribution in [0.1, 0.15) is 28.8 Å². The van der Waals surface area contributed by atoms with E-state index < -0.39 is 0 Å². The summed E-state index contributed by atoms with van der Waals surface area (Å²) in [6.07, 6.45) is 2.70. The van der Waals surface area contributed by atoms with Crippen molar-refractivity contribution < 1.29 is 9.18 Å². The summed E-state index contributed by atoms with van der Waals surface area (Å²) in [6.45, 7) is 0. The Balaban J connectivity index is 1.61. The van der Waals surface area contributed by atoms with Crippen LogP contribution in [0.5, 0.6) is 0 Å². The molecule has 6 heteroatoms. The second-order valence-electron chi connectivity index (χ2n) is 5.76. The van der Waals surface area contributed by atoms with Crippen molar-refractivity contribution in [1.29, 1.82) is 5.26 Å². The zero-order chi connectivity index (χ0) is 19.1. The molecule has 0 N–H and O–H groups in total. The third kappa shape index (κ3) is 4.99. The first-order valence-electron chi connectivity index (χ1n) is 8.41. The number of carbonyl (C=O) groups is 1. The Hall–Kier alpha value is -3.04. The van der Waals surface area contributed by atoms with E-state index in [2.05, 4.69) is 16.0 Å². The van der Waals surface area contributed by atoms with Crippen LogP contribution in [0.3, 0.4) is 0 Å². The van der Waals surface area contributed by atoms with E-state index in [1.807, 2.05) is 18.2 Å². The number of hydrogen-bond acceptors (Lipinski definition) is 5. The molecule has 27 heavy (non-hydrogen) atoms. The summed E-state index contributed by atoms with van der Waals surface area (Å²) in [5, 5.41) is 9.93. The summed E-state index contributed by atoms with van der Waals surface area (Å²) in [6, 6.07) is 16.8. The van der Waals surface area contributed by atoms with Gasteiger partial charge in [0, 0.05) is 18.2 Å². The van der Waals surface area contributed by atoms with Crippen LogP contribution < -0.4 is 0 Å². The van der Waals surface area contributed by atoms with Gasteiger partial charge in [-0.2, -0.15) is 5.26 Å². The summed E-state index contributed by atoms with van der Waals surface area (Å²) in [5.41, 5.74) is 2.47. The van der Waals surface area contributed by atoms with Gasteiger partial charge in [-0.3, -0.25) is 9.78 Å². The van der Waals surface area contributed by atoms with Crippen LogP contribution in [0.15, 0.2) is 65.8 Å². The van der Waals surface area contributed by atoms with Crippen molar-refractivity contribution in [3.63, 3.8) is 0 Å². The molecule has 0 saturated heterocycles. The van der Waals surface area contributed by atoms with Gasteiger partial charge in [-0.15, -0.1) is 11.8 Å². The lowest BCUT2D eigenvalue weighted by molar-refractivity contribution is 0.0982. The summed E-state index contributed by atoms with van der Waals surface area (Å²) in [4.78, 5) is 21.0. The lowest BCUT2D eigenvalue weighted by Gasteiger charge is -2.06. The topological polar surface area (TPSA) is 66.6 Å². The lowest BCUT2D eigenvalue weighted by atomic mass is 10.1. The SMILES string of the molecule is N#Cc1ccc(-c2ccccn2)nc1SCCCC(=O)c1ccc(F)cc1. The molecule has 2 aromatic heterocycles. The van der Waals surface area contributed by atoms with Crippen molar-refractivity contribution >= 4 is 17.5 Å². The molecule has 0 unspecified atom stereocenters. The highest BCUT2D eigenvalue weighted by atomic mass is 32.2. The van der Waals surface area contributed by atoms with E-state index in [9.17, 15) is 14.4 Å². The predicted octanol–water partition coefficient (Wildman–Crippen LogP) is 4.91. The number of Topliss-reactive ketones (excluding diaryl/α,β-unsaturated/α-hetero) is 1. The number of halogens is 1. The molecule has 0 aliphatic heterocycles. The van der Waals surface area contributed by atoms with Crippen molar-refractivity contribution in [3.8, 4) is 17.5 Å². The Morgan fingerprint density at radius 1 is 1.07 bits per heavy atom. The summed E-state index contributed by atoms with van der Waals surface area (Å²) in [7, 11) is 0. The van der Waals surface area contributed by atoms with Gasteiger partial charge in [0.2, 0.25) is 0 Å². The number of nitriles is 1. The Kier molecular flexibility index (Phi) is 6.29. The molecule has 2 heterocycles. The molecule has 0 atom stereocenters. The Morgan fingerprint density at radius 3 is 2.59 bits per heavy atom. The fourth-order valence-electron chi connectivity index (χ4n) is 2.47. The third-order valence-corrected chi connectivity index (χ3v) is 4.94. The Morgan fingerprint density at radius 2 is 1.89 bits per heavy atom. The maximum Gasteiger partial charge on any atom is 0.162 e. The van der Waals surface area contributed by atoms with Crippen LogP contribution in [0.2, 0.25) is 0 Å². The molecule has 1 aromatic carbocycles. The van der Waals surface area contributed by atoms with Gasteiger partial charge in [0.05, 0.1) is 17.0 Å². The Bertz CT molecular complexity index is 969. The number of thioether (sulfide) groups is 1. The van der Waals surface area contributed by atoms with E-state index in [4.69, 9.17) is 0 Å². The van der Waals surface area contributed by atoms with Crippen LogP contribution in [0.25, 0.3) is 11.4 Å². The smallest absolute Gasteiger partial charge is 0.162 e. The van der Waals surface area contributed by atoms with Crippen molar-refractivity contribution in [1.82, 2.24) is 9.97 Å². The molecule has 0 aliphatic rings. The van der Waals surface area contributed by atoms with E-state index in [1.165, 1.54) is 36.0 Å². The third-order valence-electron chi connectivity index (χ3n) is 3.86. The molecular formula is C21H16FN3OS. The van der Waals surface area contributed by atoms with E-state index in [1.54, 1.807) is 18.3 Å². The number of ketones is 1. The first-order valence-corrected chi connectivity index (χ1v) is 9.40. The first kappa shape index (κ1) is 18.7. The zero-order valence-electron chi connectivity index (χ0n) is 14.4. The monoisotopic (exact) mass is 377 g/mol. The van der Waals surface area contributed by atoms with E-state index in [-0.39, 0.29) is 11.6 Å². The van der Waals surface area contributed by atoms with Gasteiger partial charge in [-0.25, -0.2) is 9.37 Å². The molecule has 3 aromatic rings. The maximum absolute atomic E-state index is 12.9. The van der Waals surface area contributed by atoms with Crippen molar-refractivity contribution in [2.45, 2.75) is 17.9 Å². The number of rotatable bonds is 7. The van der Waals surface area contributed by atoms with Crippen LogP contribution in [0.4, 0.5) is 4.39 Å². The lowest BCUT2D eigenvalue weighted by Crippen LogP contribution is -2.00. The molecule has 0 fully saturated rings. The second-order valence-corrected chi connectivity index (χ2v) is 6.84. The van der Waals surface area contributed by atoms with Crippen LogP contribution >= 0.6 is 11.8 Å². The molecule has 3 rings (SSSR count). The number of aromatic nitrogens is 2. The van der Waals surface area contributed by atoms with E-state index >= 15 is 0 Å². The summed E-state index contributed by atoms with van der Waals surface area (Å²) >= 11 is 1.45. The zero-order valence-corrected chi connectivity index (χ0v) is 15.2. The average Bonchev–Trinajstić information content (AvgIpc) is 2.72. The number of hydrogen-bond donors (Lipinski definition) is 0. The van der Waals surface area contributed by atoms with Gasteiger partial charge in [-0.05, 0) is 60.7 Å². The molecule has 134 valence electrons. The van der Waals surface area contributed by atoms with Gasteiger partial charge >= 0.3 is 0 Å². The molecule has 0 radical (unpaired) electrons. The van der Waals surface area contributed by atoms with Crippen LogP contribution in [-0.4, -0.2) is 21.5 Å². The van der Waals surface area contributed by atoms with Crippen LogP contribution in [0, 0.1) is 17.1 Å². The molecule has 0 bridgehead atoms. The molecule has 0 aliphatic carbocycles. The average molecular weight is 377 g/mol. The molecular weight excluding hydrogens is 361 g/mol. The number of pyridine rings is 2. The van der Waals surface area contributed by atoms with Gasteiger partial charge < -0.3 is 0 Å². The van der Waals surface area contributed by atoms with E-state index in [0.717, 1.165) is 5.69 Å². The van der Waals surface area contributed by atoms with Gasteiger partial charge in [0.1, 0.15) is 16.9 Å². The quantitative estimate of drug-likeness (QED) is 0.332. The highest BCUT2D eigenvalue weighted by molar-refractivity contribution is 7.99. The molecule has 0 spiro atoms. The summed E-state index contributed by atoms with van der Waals surface area (Å²) in [5.74, 6) is 0.275. The predicted molar refractivity (Wildman–Crippen MR) is 103 cm³/mol. The van der Waals surface area contributed by atoms with Gasteiger partial charge in [-0.1, -0.05) is 6.07 Å². The molecule has 0 saturated carbocycles. The summed E-state index contributed by atoms with van der Waals surface area (Å²) < 4.78 is 12.9. The largest absolute Gasteiger partial charge is 0.294 e. The number of benzene rings is 1. The fourth-order valence-corrected chi connectivity index (χ4v) is 3.39. The fraction of sp³-hybridized carbons (Fsp3) is 0.143. The standard InChI is InChI=1S/C21H16FN3OS/c22-17-9-6-15(7-10-17)20(26)5-3-13-27-21-16(14-23)8-11-19(25-21)18-4-1-2-12-24-18/h1-2,4,6-12H,3,5,13H2. The number of nitrogens with zero attached hydrogens (tertiary/aromatic N) is 3. The minimum Gasteiger partial charge on any atom is -0.294 e. The minimum absolute atomic E-state index is 0.0219. The molecule has 0 amide bonds. The van der Waals surface area contributed by atoms with Gasteiger partial charge in [0.15, 0.2) is 5.78 Å². The normalized spacial score (nSPS) is 10.4. The van der Waals surface area contributed by atoms with Crippen molar-refractivity contribution in [3.05, 3.63) is 77.7 Å². The first-order chi connectivity index (χ1) is 13.2. The molecule has 4 nitrogen and oxygen atoms in total. The number of carbonyl (C=O) groups excluding carboxylic acids is 1. The Labute approximate surface area is 161 Å². The maximum atomic E-state index is 12.9.